The van der Waals surface area contributed by atoms with E-state index in [0.29, 0.717) is 22.6 Å². The van der Waals surface area contributed by atoms with Crippen molar-refractivity contribution in [1.82, 2.24) is 9.97 Å². The van der Waals surface area contributed by atoms with Crippen molar-refractivity contribution in [2.24, 2.45) is 5.84 Å². The number of nitrogens with two attached hydrogens (primary N) is 1. The summed E-state index contributed by atoms with van der Waals surface area (Å²) in [5.74, 6) is 7.40. The van der Waals surface area contributed by atoms with Crippen molar-refractivity contribution in [2.45, 2.75) is 31.6 Å². The highest BCUT2D eigenvalue weighted by atomic mass is 35.5. The smallest absolute Gasteiger partial charge is 0.161 e. The van der Waals surface area contributed by atoms with Gasteiger partial charge in [-0.2, -0.15) is 0 Å². The summed E-state index contributed by atoms with van der Waals surface area (Å²) in [6.07, 6.45) is 4.94. The molecule has 1 aliphatic carbocycles. The Balaban J connectivity index is 2.01. The molecule has 0 radical (unpaired) electrons. The molecule has 4 nitrogen and oxygen atoms in total. The average Bonchev–Trinajstić information content (AvgIpc) is 3.02. The summed E-state index contributed by atoms with van der Waals surface area (Å²) in [4.78, 5) is 9.15. The summed E-state index contributed by atoms with van der Waals surface area (Å²) in [5, 5.41) is 0.706. The van der Waals surface area contributed by atoms with Crippen LogP contribution in [-0.2, 0) is 0 Å². The highest BCUT2D eigenvalue weighted by Gasteiger charge is 2.20. The minimum absolute atomic E-state index is 0.524. The Labute approximate surface area is 123 Å². The van der Waals surface area contributed by atoms with Gasteiger partial charge in [-0.05, 0) is 37.1 Å². The first-order valence-electron chi connectivity index (χ1n) is 6.88. The first-order valence-corrected chi connectivity index (χ1v) is 7.25. The fourth-order valence-corrected chi connectivity index (χ4v) is 2.82. The third kappa shape index (κ3) is 2.76. The maximum Gasteiger partial charge on any atom is 0.161 e. The number of rotatable bonds is 3. The van der Waals surface area contributed by atoms with Crippen molar-refractivity contribution in [3.8, 4) is 11.4 Å². The molecule has 104 valence electrons. The molecule has 0 spiro atoms. The van der Waals surface area contributed by atoms with Crippen LogP contribution in [0.15, 0.2) is 30.3 Å². The van der Waals surface area contributed by atoms with Gasteiger partial charge in [-0.15, -0.1) is 0 Å². The lowest BCUT2D eigenvalue weighted by Gasteiger charge is -2.12. The number of anilines is 1. The summed E-state index contributed by atoms with van der Waals surface area (Å²) >= 11 is 5.92. The maximum atomic E-state index is 5.92. The van der Waals surface area contributed by atoms with E-state index in [2.05, 4.69) is 10.4 Å². The van der Waals surface area contributed by atoms with Crippen molar-refractivity contribution in [1.29, 1.82) is 0 Å². The third-order valence-corrected chi connectivity index (χ3v) is 4.02. The standard InChI is InChI=1S/C15H17ClN4/c16-12-7-5-11(6-8-12)15-18-13(9-14(19-15)20-17)10-3-1-2-4-10/h5-10H,1-4,17H2,(H,18,19,20). The number of nitrogens with one attached hydrogen (secondary N) is 1. The minimum Gasteiger partial charge on any atom is -0.308 e. The van der Waals surface area contributed by atoms with E-state index in [9.17, 15) is 0 Å². The second kappa shape index (κ2) is 5.77. The van der Waals surface area contributed by atoms with Gasteiger partial charge in [0, 0.05) is 28.3 Å². The van der Waals surface area contributed by atoms with E-state index in [4.69, 9.17) is 22.4 Å². The number of nitrogen functional groups attached to an aromatic ring is 1. The molecular weight excluding hydrogens is 272 g/mol. The second-order valence-electron chi connectivity index (χ2n) is 5.13. The molecule has 1 saturated carbocycles. The lowest BCUT2D eigenvalue weighted by Crippen LogP contribution is -2.11. The number of hydrogen-bond acceptors (Lipinski definition) is 4. The number of nitrogens with zero attached hydrogens (tertiary/aromatic N) is 2. The molecule has 3 rings (SSSR count). The molecule has 1 heterocycles. The van der Waals surface area contributed by atoms with E-state index in [1.54, 1.807) is 0 Å². The molecule has 1 aliphatic rings. The molecule has 5 heteroatoms. The van der Waals surface area contributed by atoms with E-state index in [1.807, 2.05) is 30.3 Å². The average molecular weight is 289 g/mol. The summed E-state index contributed by atoms with van der Waals surface area (Å²) < 4.78 is 0. The van der Waals surface area contributed by atoms with Crippen LogP contribution in [0.25, 0.3) is 11.4 Å². The molecule has 20 heavy (non-hydrogen) atoms. The maximum absolute atomic E-state index is 5.92. The summed E-state index contributed by atoms with van der Waals surface area (Å²) in [6, 6.07) is 9.50. The zero-order valence-corrected chi connectivity index (χ0v) is 11.9. The molecule has 1 fully saturated rings. The number of aromatic nitrogens is 2. The predicted molar refractivity (Wildman–Crippen MR) is 81.5 cm³/mol. The number of hydrazine groups is 1. The first kappa shape index (κ1) is 13.3. The van der Waals surface area contributed by atoms with E-state index in [1.165, 1.54) is 25.7 Å². The van der Waals surface area contributed by atoms with Crippen molar-refractivity contribution < 1.29 is 0 Å². The molecule has 1 aromatic heterocycles. The highest BCUT2D eigenvalue weighted by Crippen LogP contribution is 2.34. The van der Waals surface area contributed by atoms with Crippen LogP contribution in [0.2, 0.25) is 5.02 Å². The first-order chi connectivity index (χ1) is 9.76. The van der Waals surface area contributed by atoms with Crippen LogP contribution in [0.4, 0.5) is 5.82 Å². The normalized spacial score (nSPS) is 15.5. The van der Waals surface area contributed by atoms with Gasteiger partial charge in [-0.3, -0.25) is 0 Å². The van der Waals surface area contributed by atoms with Crippen LogP contribution in [-0.4, -0.2) is 9.97 Å². The Morgan fingerprint density at radius 2 is 1.80 bits per heavy atom. The molecule has 0 bridgehead atoms. The van der Waals surface area contributed by atoms with Crippen molar-refractivity contribution in [3.05, 3.63) is 41.0 Å². The molecule has 0 amide bonds. The number of benzene rings is 1. The van der Waals surface area contributed by atoms with E-state index < -0.39 is 0 Å². The number of hydrogen-bond donors (Lipinski definition) is 2. The van der Waals surface area contributed by atoms with Gasteiger partial charge in [-0.1, -0.05) is 24.4 Å². The molecule has 0 atom stereocenters. The van der Waals surface area contributed by atoms with Gasteiger partial charge in [0.1, 0.15) is 5.82 Å². The van der Waals surface area contributed by atoms with Gasteiger partial charge in [0.15, 0.2) is 5.82 Å². The summed E-state index contributed by atoms with van der Waals surface area (Å²) in [6.45, 7) is 0. The SMILES string of the molecule is NNc1cc(C2CCCC2)nc(-c2ccc(Cl)cc2)n1. The van der Waals surface area contributed by atoms with Crippen LogP contribution in [0, 0.1) is 0 Å². The lowest BCUT2D eigenvalue weighted by atomic mass is 10.0. The van der Waals surface area contributed by atoms with E-state index >= 15 is 0 Å². The van der Waals surface area contributed by atoms with Gasteiger partial charge >= 0.3 is 0 Å². The zero-order valence-electron chi connectivity index (χ0n) is 11.1. The Morgan fingerprint density at radius 1 is 1.10 bits per heavy atom. The summed E-state index contributed by atoms with van der Waals surface area (Å²) in [7, 11) is 0. The molecule has 0 aliphatic heterocycles. The van der Waals surface area contributed by atoms with Crippen LogP contribution < -0.4 is 11.3 Å². The fraction of sp³-hybridized carbons (Fsp3) is 0.333. The molecule has 1 aromatic carbocycles. The van der Waals surface area contributed by atoms with Crippen LogP contribution in [0.3, 0.4) is 0 Å². The molecule has 0 saturated heterocycles. The van der Waals surface area contributed by atoms with Gasteiger partial charge in [-0.25, -0.2) is 15.8 Å². The monoisotopic (exact) mass is 288 g/mol. The topological polar surface area (TPSA) is 63.8 Å². The Bertz CT molecular complexity index is 591. The predicted octanol–water partition coefficient (Wildman–Crippen LogP) is 3.74. The Morgan fingerprint density at radius 3 is 2.45 bits per heavy atom. The van der Waals surface area contributed by atoms with Crippen molar-refractivity contribution in [3.63, 3.8) is 0 Å². The van der Waals surface area contributed by atoms with Crippen LogP contribution in [0.1, 0.15) is 37.3 Å². The molecule has 3 N–H and O–H groups in total. The van der Waals surface area contributed by atoms with Crippen LogP contribution in [0.5, 0.6) is 0 Å². The van der Waals surface area contributed by atoms with Crippen molar-refractivity contribution in [2.75, 3.05) is 5.43 Å². The molecular formula is C15H17ClN4. The van der Waals surface area contributed by atoms with E-state index in [-0.39, 0.29) is 0 Å². The second-order valence-corrected chi connectivity index (χ2v) is 5.57. The minimum atomic E-state index is 0.524. The molecule has 0 unspecified atom stereocenters. The highest BCUT2D eigenvalue weighted by molar-refractivity contribution is 6.30. The summed E-state index contributed by atoms with van der Waals surface area (Å²) in [5.41, 5.74) is 4.66. The third-order valence-electron chi connectivity index (χ3n) is 3.77. The van der Waals surface area contributed by atoms with Gasteiger partial charge in [0.05, 0.1) is 0 Å². The molecule has 2 aromatic rings. The largest absolute Gasteiger partial charge is 0.308 e. The van der Waals surface area contributed by atoms with Crippen LogP contribution >= 0.6 is 11.6 Å². The van der Waals surface area contributed by atoms with E-state index in [0.717, 1.165) is 11.3 Å². The fourth-order valence-electron chi connectivity index (χ4n) is 2.70. The Hall–Kier alpha value is -1.65. The van der Waals surface area contributed by atoms with Gasteiger partial charge in [0.25, 0.3) is 0 Å². The number of halogens is 1. The Kier molecular flexibility index (Phi) is 3.85. The van der Waals surface area contributed by atoms with Crippen molar-refractivity contribution >= 4 is 17.4 Å². The van der Waals surface area contributed by atoms with Gasteiger partial charge in [0.2, 0.25) is 0 Å². The quantitative estimate of drug-likeness (QED) is 0.667. The zero-order chi connectivity index (χ0) is 13.9. The van der Waals surface area contributed by atoms with Gasteiger partial charge < -0.3 is 5.43 Å². The lowest BCUT2D eigenvalue weighted by molar-refractivity contribution is 0.695.